The van der Waals surface area contributed by atoms with Gasteiger partial charge in [-0.2, -0.15) is 0 Å². The van der Waals surface area contributed by atoms with Gasteiger partial charge in [0.15, 0.2) is 0 Å². The van der Waals surface area contributed by atoms with Crippen LogP contribution in [-0.4, -0.2) is 101 Å². The zero-order valence-electron chi connectivity index (χ0n) is 31.7. The van der Waals surface area contributed by atoms with Crippen LogP contribution in [0.4, 0.5) is 5.69 Å². The number of fused-ring (bicyclic) bond motifs is 1. The molecule has 2 N–H and O–H groups in total. The number of nitrogens with zero attached hydrogens (tertiary/aromatic N) is 4. The molecule has 0 spiro atoms. The molecule has 3 atom stereocenters. The molecular formula is C46H53N5O4. The number of nitrogens with one attached hydrogen (secondary N) is 1. The number of aliphatic hydroxyl groups is 1. The molecule has 5 aliphatic rings. The predicted molar refractivity (Wildman–Crippen MR) is 217 cm³/mol. The van der Waals surface area contributed by atoms with Gasteiger partial charge in [-0.25, -0.2) is 0 Å². The molecule has 55 heavy (non-hydrogen) atoms. The van der Waals surface area contributed by atoms with E-state index in [2.05, 4.69) is 86.8 Å². The number of rotatable bonds is 12. The minimum Gasteiger partial charge on any atom is -0.385 e. The maximum atomic E-state index is 13.2. The summed E-state index contributed by atoms with van der Waals surface area (Å²) in [4.78, 5) is 46.6. The second-order valence-corrected chi connectivity index (χ2v) is 16.0. The highest BCUT2D eigenvalue weighted by atomic mass is 16.3. The first kappa shape index (κ1) is 37.1. The van der Waals surface area contributed by atoms with Crippen LogP contribution in [0.25, 0.3) is 11.6 Å². The van der Waals surface area contributed by atoms with Gasteiger partial charge < -0.3 is 19.8 Å². The molecule has 0 radical (unpaired) electrons. The predicted octanol–water partition coefficient (Wildman–Crippen LogP) is 5.84. The number of hydrogen-bond donors (Lipinski definition) is 2. The van der Waals surface area contributed by atoms with Crippen molar-refractivity contribution in [3.8, 4) is 0 Å². The number of piperidine rings is 1. The van der Waals surface area contributed by atoms with E-state index in [9.17, 15) is 19.5 Å². The summed E-state index contributed by atoms with van der Waals surface area (Å²) in [6.07, 6.45) is 16.4. The maximum Gasteiger partial charge on any atom is 0.255 e. The van der Waals surface area contributed by atoms with Gasteiger partial charge in [0.2, 0.25) is 11.8 Å². The van der Waals surface area contributed by atoms with Crippen molar-refractivity contribution in [1.29, 1.82) is 0 Å². The third-order valence-corrected chi connectivity index (χ3v) is 12.3. The van der Waals surface area contributed by atoms with Gasteiger partial charge >= 0.3 is 0 Å². The van der Waals surface area contributed by atoms with Crippen LogP contribution in [0, 0.1) is 0 Å². The van der Waals surface area contributed by atoms with Gasteiger partial charge in [-0.3, -0.25) is 24.6 Å². The number of hydrogen-bond acceptors (Lipinski definition) is 7. The Balaban J connectivity index is 0.802. The Labute approximate surface area is 325 Å². The van der Waals surface area contributed by atoms with Crippen LogP contribution >= 0.6 is 0 Å². The molecule has 8 rings (SSSR count). The number of benzene rings is 3. The third kappa shape index (κ3) is 8.70. The van der Waals surface area contributed by atoms with Crippen molar-refractivity contribution in [2.24, 2.45) is 0 Å². The average molecular weight is 740 g/mol. The van der Waals surface area contributed by atoms with Gasteiger partial charge in [-0.15, -0.1) is 0 Å². The molecule has 3 aromatic carbocycles. The first-order valence-electron chi connectivity index (χ1n) is 20.2. The number of allylic oxidation sites excluding steroid dienone is 3. The number of carbonyl (C=O) groups is 3. The van der Waals surface area contributed by atoms with Gasteiger partial charge in [0, 0.05) is 63.0 Å². The van der Waals surface area contributed by atoms with Gasteiger partial charge in [0.25, 0.3) is 5.91 Å². The van der Waals surface area contributed by atoms with E-state index >= 15 is 0 Å². The van der Waals surface area contributed by atoms with Crippen molar-refractivity contribution < 1.29 is 19.5 Å². The van der Waals surface area contributed by atoms with Crippen molar-refractivity contribution in [2.75, 3.05) is 50.7 Å². The zero-order valence-corrected chi connectivity index (χ0v) is 31.7. The third-order valence-electron chi connectivity index (χ3n) is 12.3. The Morgan fingerprint density at radius 3 is 2.56 bits per heavy atom. The van der Waals surface area contributed by atoms with Gasteiger partial charge in [0.1, 0.15) is 6.04 Å². The highest BCUT2D eigenvalue weighted by Crippen LogP contribution is 2.33. The Bertz CT molecular complexity index is 1980. The van der Waals surface area contributed by atoms with E-state index in [0.29, 0.717) is 37.4 Å². The molecule has 3 saturated heterocycles. The molecule has 4 aliphatic heterocycles. The fourth-order valence-electron chi connectivity index (χ4n) is 9.10. The summed E-state index contributed by atoms with van der Waals surface area (Å²) in [7, 11) is 0. The van der Waals surface area contributed by atoms with E-state index < -0.39 is 11.6 Å². The number of likely N-dealkylation sites (tertiary alicyclic amines) is 1. The Kier molecular flexibility index (Phi) is 11.1. The Hall–Kier alpha value is -4.83. The number of amides is 3. The van der Waals surface area contributed by atoms with E-state index in [1.54, 1.807) is 4.90 Å². The molecule has 0 saturated carbocycles. The second kappa shape index (κ2) is 16.5. The minimum absolute atomic E-state index is 0.122. The van der Waals surface area contributed by atoms with Crippen molar-refractivity contribution in [3.63, 3.8) is 0 Å². The summed E-state index contributed by atoms with van der Waals surface area (Å²) >= 11 is 0. The van der Waals surface area contributed by atoms with Crippen molar-refractivity contribution >= 4 is 35.1 Å². The fraction of sp³-hybridized carbons (Fsp3) is 0.413. The topological polar surface area (TPSA) is 96.4 Å². The van der Waals surface area contributed by atoms with Gasteiger partial charge in [-0.1, -0.05) is 85.0 Å². The first-order valence-corrected chi connectivity index (χ1v) is 20.2. The SMILES string of the molecule is O=C1CCC(N2Cc3cc(N4CCN(C5CCN(CCCc6cccc(/C=C(\CCC7(O)C=CC=CC7)c7ccccc7)c6)C5)CC4)ccc3C2=O)C(=O)N1. The van der Waals surface area contributed by atoms with Crippen LogP contribution in [-0.2, 0) is 22.6 Å². The lowest BCUT2D eigenvalue weighted by Gasteiger charge is -2.39. The molecule has 9 nitrogen and oxygen atoms in total. The van der Waals surface area contributed by atoms with Crippen molar-refractivity contribution in [3.05, 3.63) is 125 Å². The molecular weight excluding hydrogens is 687 g/mol. The molecule has 4 heterocycles. The quantitative estimate of drug-likeness (QED) is 0.178. The van der Waals surface area contributed by atoms with Gasteiger partial charge in [-0.05, 0) is 104 Å². The lowest BCUT2D eigenvalue weighted by atomic mass is 9.87. The van der Waals surface area contributed by atoms with E-state index in [0.717, 1.165) is 76.3 Å². The van der Waals surface area contributed by atoms with E-state index in [-0.39, 0.29) is 24.1 Å². The molecule has 3 unspecified atom stereocenters. The number of anilines is 1. The van der Waals surface area contributed by atoms with Crippen LogP contribution in [0.3, 0.4) is 0 Å². The molecule has 0 aromatic heterocycles. The molecule has 3 fully saturated rings. The second-order valence-electron chi connectivity index (χ2n) is 16.0. The molecule has 286 valence electrons. The Morgan fingerprint density at radius 1 is 0.909 bits per heavy atom. The van der Waals surface area contributed by atoms with E-state index in [4.69, 9.17) is 0 Å². The number of carbonyl (C=O) groups excluding carboxylic acids is 3. The Morgan fingerprint density at radius 2 is 1.76 bits per heavy atom. The summed E-state index contributed by atoms with van der Waals surface area (Å²) in [5.41, 5.74) is 7.01. The summed E-state index contributed by atoms with van der Waals surface area (Å²) in [5.74, 6) is -0.759. The van der Waals surface area contributed by atoms with Crippen molar-refractivity contribution in [2.45, 2.75) is 75.6 Å². The lowest BCUT2D eigenvalue weighted by molar-refractivity contribution is -0.136. The molecule has 3 amide bonds. The summed E-state index contributed by atoms with van der Waals surface area (Å²) in [6, 6.07) is 25.6. The summed E-state index contributed by atoms with van der Waals surface area (Å²) < 4.78 is 0. The molecule has 3 aromatic rings. The van der Waals surface area contributed by atoms with Crippen molar-refractivity contribution in [1.82, 2.24) is 20.0 Å². The molecule has 0 bridgehead atoms. The largest absolute Gasteiger partial charge is 0.385 e. The molecule has 9 heteroatoms. The van der Waals surface area contributed by atoms with E-state index in [1.807, 2.05) is 36.4 Å². The van der Waals surface area contributed by atoms with Crippen LogP contribution in [0.2, 0.25) is 0 Å². The van der Waals surface area contributed by atoms with Crippen LogP contribution in [0.15, 0.2) is 97.1 Å². The maximum absolute atomic E-state index is 13.2. The van der Waals surface area contributed by atoms with Crippen LogP contribution in [0.1, 0.15) is 77.6 Å². The summed E-state index contributed by atoms with van der Waals surface area (Å²) in [5, 5.41) is 13.5. The highest BCUT2D eigenvalue weighted by Gasteiger charge is 2.39. The van der Waals surface area contributed by atoms with Crippen LogP contribution < -0.4 is 10.2 Å². The van der Waals surface area contributed by atoms with Gasteiger partial charge in [0.05, 0.1) is 5.60 Å². The molecule has 1 aliphatic carbocycles. The lowest BCUT2D eigenvalue weighted by Crippen LogP contribution is -2.52. The standard InChI is InChI=1S/C46H53N5O4/c52-43-17-16-42(44(53)47-43)51-32-38-31-39(14-15-41(38)45(51)54)49-25-27-50(28-26-49)40-19-24-48(33-40)23-8-11-34-9-7-10-35(29-34)30-37(36-12-3-1-4-13-36)18-22-46(55)20-5-2-6-21-46/h1-7,9-10,12-15,20,29-31,40,42,55H,8,11,16-19,21-28,32-33H2,(H,47,52,53)/b37-30+. The fourth-order valence-corrected chi connectivity index (χ4v) is 9.10. The summed E-state index contributed by atoms with van der Waals surface area (Å²) in [6.45, 7) is 7.73. The van der Waals surface area contributed by atoms with E-state index in [1.165, 1.54) is 28.7 Å². The minimum atomic E-state index is -0.786. The normalized spacial score (nSPS) is 24.8. The number of imide groups is 1. The number of aryl methyl sites for hydroxylation is 1. The monoisotopic (exact) mass is 739 g/mol. The average Bonchev–Trinajstić information content (AvgIpc) is 3.81. The van der Waals surface area contributed by atoms with Crippen LogP contribution in [0.5, 0.6) is 0 Å². The first-order chi connectivity index (χ1) is 26.8. The smallest absolute Gasteiger partial charge is 0.255 e. The number of piperazine rings is 1. The zero-order chi connectivity index (χ0) is 37.8. The highest BCUT2D eigenvalue weighted by molar-refractivity contribution is 6.05.